The van der Waals surface area contributed by atoms with Gasteiger partial charge in [0.25, 0.3) is 0 Å². The Kier molecular flexibility index (Phi) is 7.43. The van der Waals surface area contributed by atoms with Crippen LogP contribution in [0.4, 0.5) is 5.69 Å². The fraction of sp³-hybridized carbons (Fsp3) is 0.385. The molecule has 1 aromatic rings. The monoisotopic (exact) mass is 314 g/mol. The van der Waals surface area contributed by atoms with E-state index in [1.54, 1.807) is 4.90 Å². The second-order valence-corrected chi connectivity index (χ2v) is 5.06. The summed E-state index contributed by atoms with van der Waals surface area (Å²) in [6, 6.07) is 9.46. The van der Waals surface area contributed by atoms with Gasteiger partial charge in [0, 0.05) is 13.1 Å². The zero-order valence-electron chi connectivity index (χ0n) is 11.0. The first-order valence-corrected chi connectivity index (χ1v) is 7.12. The van der Waals surface area contributed by atoms with Crippen LogP contribution in [0.25, 0.3) is 0 Å². The molecule has 1 aliphatic rings. The van der Waals surface area contributed by atoms with Gasteiger partial charge < -0.3 is 27.8 Å². The highest BCUT2D eigenvalue weighted by atomic mass is 35.5. The number of ether oxygens (including phenoxy) is 1. The number of para-hydroxylation sites is 1. The lowest BCUT2D eigenvalue weighted by Gasteiger charge is -2.26. The van der Waals surface area contributed by atoms with Crippen LogP contribution >= 0.6 is 11.8 Å². The third-order valence-corrected chi connectivity index (χ3v) is 3.48. The average Bonchev–Trinajstić information content (AvgIpc) is 2.47. The van der Waals surface area contributed by atoms with E-state index in [2.05, 4.69) is 4.99 Å². The fourth-order valence-corrected chi connectivity index (χ4v) is 2.33. The molecule has 1 aliphatic heterocycles. The SMILES string of the molecule is NC(=Nc1ccccc1)SCC(=O)N1CCOCC1.[Cl-]. The third-order valence-electron chi connectivity index (χ3n) is 2.70. The van der Waals surface area contributed by atoms with Crippen molar-refractivity contribution < 1.29 is 21.9 Å². The van der Waals surface area contributed by atoms with Crippen molar-refractivity contribution in [1.29, 1.82) is 0 Å². The van der Waals surface area contributed by atoms with Crippen LogP contribution < -0.4 is 18.1 Å². The lowest BCUT2D eigenvalue weighted by Crippen LogP contribution is -3.00. The number of morpholine rings is 1. The number of aliphatic imine (C=N–C) groups is 1. The molecule has 20 heavy (non-hydrogen) atoms. The van der Waals surface area contributed by atoms with E-state index in [0.717, 1.165) is 5.69 Å². The Hall–Kier alpha value is -1.24. The first kappa shape index (κ1) is 16.8. The fourth-order valence-electron chi connectivity index (χ4n) is 1.70. The van der Waals surface area contributed by atoms with Crippen LogP contribution in [0.15, 0.2) is 35.3 Å². The number of nitrogens with zero attached hydrogens (tertiary/aromatic N) is 2. The molecule has 110 valence electrons. The van der Waals surface area contributed by atoms with E-state index in [0.29, 0.717) is 37.2 Å². The van der Waals surface area contributed by atoms with Crippen molar-refractivity contribution in [1.82, 2.24) is 4.90 Å². The van der Waals surface area contributed by atoms with Crippen LogP contribution in [-0.4, -0.2) is 48.0 Å². The molecule has 1 amide bonds. The number of thioether (sulfide) groups is 1. The van der Waals surface area contributed by atoms with Gasteiger partial charge in [-0.05, 0) is 12.1 Å². The summed E-state index contributed by atoms with van der Waals surface area (Å²) in [5.74, 6) is 0.404. The van der Waals surface area contributed by atoms with E-state index in [9.17, 15) is 4.79 Å². The summed E-state index contributed by atoms with van der Waals surface area (Å²) < 4.78 is 5.21. The van der Waals surface area contributed by atoms with E-state index >= 15 is 0 Å². The number of hydrogen-bond donors (Lipinski definition) is 1. The third kappa shape index (κ3) is 5.40. The highest BCUT2D eigenvalue weighted by molar-refractivity contribution is 8.14. The maximum Gasteiger partial charge on any atom is 0.233 e. The normalized spacial score (nSPS) is 15.6. The molecule has 0 radical (unpaired) electrons. The minimum atomic E-state index is 0. The van der Waals surface area contributed by atoms with E-state index in [4.69, 9.17) is 10.5 Å². The minimum absolute atomic E-state index is 0. The Morgan fingerprint density at radius 3 is 2.60 bits per heavy atom. The molecular weight excluding hydrogens is 298 g/mol. The molecule has 7 heteroatoms. The van der Waals surface area contributed by atoms with Gasteiger partial charge in [-0.1, -0.05) is 30.0 Å². The molecule has 0 saturated carbocycles. The zero-order chi connectivity index (χ0) is 13.5. The second kappa shape index (κ2) is 8.84. The number of carbonyl (C=O) groups is 1. The van der Waals surface area contributed by atoms with Gasteiger partial charge in [0.15, 0.2) is 5.17 Å². The summed E-state index contributed by atoms with van der Waals surface area (Å²) in [4.78, 5) is 17.9. The highest BCUT2D eigenvalue weighted by Crippen LogP contribution is 2.13. The van der Waals surface area contributed by atoms with E-state index in [1.165, 1.54) is 11.8 Å². The number of amides is 1. The van der Waals surface area contributed by atoms with Crippen molar-refractivity contribution in [2.24, 2.45) is 10.7 Å². The molecule has 1 heterocycles. The lowest BCUT2D eigenvalue weighted by atomic mass is 10.3. The molecule has 1 saturated heterocycles. The topological polar surface area (TPSA) is 67.9 Å². The number of amidine groups is 1. The maximum atomic E-state index is 11.9. The largest absolute Gasteiger partial charge is 1.00 e. The highest BCUT2D eigenvalue weighted by Gasteiger charge is 2.16. The van der Waals surface area contributed by atoms with Crippen molar-refractivity contribution in [3.8, 4) is 0 Å². The average molecular weight is 315 g/mol. The summed E-state index contributed by atoms with van der Waals surface area (Å²) in [5.41, 5.74) is 6.60. The summed E-state index contributed by atoms with van der Waals surface area (Å²) in [7, 11) is 0. The molecule has 0 atom stereocenters. The summed E-state index contributed by atoms with van der Waals surface area (Å²) in [6.07, 6.45) is 0. The van der Waals surface area contributed by atoms with Crippen LogP contribution in [0.5, 0.6) is 0 Å². The number of benzene rings is 1. The van der Waals surface area contributed by atoms with E-state index in [-0.39, 0.29) is 18.3 Å². The second-order valence-electron chi connectivity index (χ2n) is 4.07. The van der Waals surface area contributed by atoms with Crippen LogP contribution in [0.3, 0.4) is 0 Å². The Morgan fingerprint density at radius 1 is 1.30 bits per heavy atom. The standard InChI is InChI=1S/C13H17N3O2S.ClH/c14-13(15-11-4-2-1-3-5-11)19-10-12(17)16-6-8-18-9-7-16;/h1-5H,6-10H2,(H2,14,15);1H/p-1. The van der Waals surface area contributed by atoms with Gasteiger partial charge in [-0.3, -0.25) is 4.79 Å². The van der Waals surface area contributed by atoms with Gasteiger partial charge in [0.1, 0.15) is 0 Å². The number of hydrogen-bond acceptors (Lipinski definition) is 4. The summed E-state index contributed by atoms with van der Waals surface area (Å²) >= 11 is 1.27. The number of rotatable bonds is 3. The van der Waals surface area contributed by atoms with E-state index in [1.807, 2.05) is 30.3 Å². The van der Waals surface area contributed by atoms with Crippen LogP contribution in [0, 0.1) is 0 Å². The van der Waals surface area contributed by atoms with Crippen molar-refractivity contribution in [2.75, 3.05) is 32.1 Å². The van der Waals surface area contributed by atoms with Crippen molar-refractivity contribution >= 4 is 28.5 Å². The van der Waals surface area contributed by atoms with Gasteiger partial charge in [-0.2, -0.15) is 0 Å². The van der Waals surface area contributed by atoms with Crippen LogP contribution in [0.1, 0.15) is 0 Å². The van der Waals surface area contributed by atoms with Gasteiger partial charge >= 0.3 is 0 Å². The molecular formula is C13H17ClN3O2S-. The van der Waals surface area contributed by atoms with Crippen LogP contribution in [-0.2, 0) is 9.53 Å². The van der Waals surface area contributed by atoms with Crippen molar-refractivity contribution in [3.05, 3.63) is 30.3 Å². The predicted molar refractivity (Wildman–Crippen MR) is 77.6 cm³/mol. The molecule has 0 bridgehead atoms. The van der Waals surface area contributed by atoms with Crippen molar-refractivity contribution in [3.63, 3.8) is 0 Å². The first-order valence-electron chi connectivity index (χ1n) is 6.13. The van der Waals surface area contributed by atoms with Gasteiger partial charge in [0.2, 0.25) is 5.91 Å². The molecule has 2 rings (SSSR count). The Morgan fingerprint density at radius 2 is 1.95 bits per heavy atom. The quantitative estimate of drug-likeness (QED) is 0.530. The Balaban J connectivity index is 0.00000200. The first-order chi connectivity index (χ1) is 9.25. The predicted octanol–water partition coefficient (Wildman–Crippen LogP) is -1.77. The van der Waals surface area contributed by atoms with Gasteiger partial charge in [0.05, 0.1) is 24.7 Å². The number of halogens is 1. The van der Waals surface area contributed by atoms with Crippen LogP contribution in [0.2, 0.25) is 0 Å². The molecule has 5 nitrogen and oxygen atoms in total. The lowest BCUT2D eigenvalue weighted by molar-refractivity contribution is -0.132. The molecule has 0 aromatic heterocycles. The minimum Gasteiger partial charge on any atom is -1.00 e. The molecule has 1 aromatic carbocycles. The number of nitrogens with two attached hydrogens (primary N) is 1. The summed E-state index contributed by atoms with van der Waals surface area (Å²) in [6.45, 7) is 2.55. The molecule has 0 unspecified atom stereocenters. The van der Waals surface area contributed by atoms with Crippen molar-refractivity contribution in [2.45, 2.75) is 0 Å². The Labute approximate surface area is 129 Å². The van der Waals surface area contributed by atoms with Gasteiger partial charge in [-0.15, -0.1) is 0 Å². The maximum absolute atomic E-state index is 11.9. The smallest absolute Gasteiger partial charge is 0.233 e. The Bertz CT molecular complexity index is 450. The van der Waals surface area contributed by atoms with E-state index < -0.39 is 0 Å². The zero-order valence-corrected chi connectivity index (χ0v) is 12.6. The van der Waals surface area contributed by atoms with Gasteiger partial charge in [-0.25, -0.2) is 4.99 Å². The molecule has 1 fully saturated rings. The molecule has 0 spiro atoms. The molecule has 2 N–H and O–H groups in total. The summed E-state index contributed by atoms with van der Waals surface area (Å²) in [5, 5.41) is 0.410. The number of carbonyl (C=O) groups excluding carboxylic acids is 1. The molecule has 0 aliphatic carbocycles.